The van der Waals surface area contributed by atoms with Crippen LogP contribution in [0.4, 0.5) is 0 Å². The van der Waals surface area contributed by atoms with Gasteiger partial charge in [-0.3, -0.25) is 0 Å². The Morgan fingerprint density at radius 3 is 2.52 bits per heavy atom. The molecule has 3 rings (SSSR count). The molecule has 2 unspecified atom stereocenters. The van der Waals surface area contributed by atoms with Crippen LogP contribution in [-0.4, -0.2) is 36.2 Å². The molecule has 27 heavy (non-hydrogen) atoms. The van der Waals surface area contributed by atoms with Crippen LogP contribution in [0.25, 0.3) is 6.08 Å². The van der Waals surface area contributed by atoms with Crippen molar-refractivity contribution >= 4 is 17.7 Å². The second-order valence-corrected chi connectivity index (χ2v) is 7.89. The summed E-state index contributed by atoms with van der Waals surface area (Å²) in [5, 5.41) is 12.4. The molecule has 1 aliphatic carbocycles. The quantitative estimate of drug-likeness (QED) is 0.769. The largest absolute Gasteiger partial charge is 0.373 e. The van der Waals surface area contributed by atoms with Crippen molar-refractivity contribution in [3.63, 3.8) is 0 Å². The van der Waals surface area contributed by atoms with Gasteiger partial charge in [0.1, 0.15) is 0 Å². The van der Waals surface area contributed by atoms with Crippen molar-refractivity contribution in [2.45, 2.75) is 24.9 Å². The van der Waals surface area contributed by atoms with Gasteiger partial charge in [0.15, 0.2) is 5.60 Å². The third kappa shape index (κ3) is 5.02. The van der Waals surface area contributed by atoms with Crippen LogP contribution in [0.3, 0.4) is 0 Å². The Kier molecular flexibility index (Phi) is 6.39. The summed E-state index contributed by atoms with van der Waals surface area (Å²) in [4.78, 5) is 2.13. The van der Waals surface area contributed by atoms with E-state index in [-0.39, 0.29) is 5.92 Å². The number of nitrogens with zero attached hydrogens (tertiary/aromatic N) is 1. The van der Waals surface area contributed by atoms with E-state index in [1.165, 1.54) is 0 Å². The molecule has 1 fully saturated rings. The van der Waals surface area contributed by atoms with Crippen molar-refractivity contribution in [1.29, 1.82) is 0 Å². The number of aliphatic hydroxyl groups is 1. The van der Waals surface area contributed by atoms with E-state index in [0.717, 1.165) is 42.5 Å². The topological polar surface area (TPSA) is 23.5 Å². The Balaban J connectivity index is 2.01. The van der Waals surface area contributed by atoms with E-state index < -0.39 is 5.60 Å². The molecule has 0 saturated heterocycles. The fourth-order valence-electron chi connectivity index (χ4n) is 3.68. The van der Waals surface area contributed by atoms with Gasteiger partial charge in [-0.1, -0.05) is 59.8 Å². The van der Waals surface area contributed by atoms with E-state index in [1.54, 1.807) is 0 Å². The smallest absolute Gasteiger partial charge is 0.151 e. The Morgan fingerprint density at radius 1 is 1.15 bits per heavy atom. The molecule has 0 amide bonds. The summed E-state index contributed by atoms with van der Waals surface area (Å²) in [5.41, 5.74) is 1.83. The summed E-state index contributed by atoms with van der Waals surface area (Å²) in [7, 11) is 4.09. The lowest BCUT2D eigenvalue weighted by Gasteiger charge is -2.40. The molecule has 0 aliphatic heterocycles. The first-order chi connectivity index (χ1) is 13.0. The first-order valence-corrected chi connectivity index (χ1v) is 9.77. The molecule has 1 N–H and O–H groups in total. The van der Waals surface area contributed by atoms with E-state index in [0.29, 0.717) is 5.02 Å². The fourth-order valence-corrected chi connectivity index (χ4v) is 3.80. The number of rotatable bonds is 3. The lowest BCUT2D eigenvalue weighted by molar-refractivity contribution is 0.0374. The molecule has 2 aromatic carbocycles. The Morgan fingerprint density at radius 2 is 1.85 bits per heavy atom. The second-order valence-electron chi connectivity index (χ2n) is 7.45. The van der Waals surface area contributed by atoms with E-state index in [2.05, 4.69) is 22.8 Å². The molecular weight excluding hydrogens is 354 g/mol. The molecule has 140 valence electrons. The van der Waals surface area contributed by atoms with Gasteiger partial charge in [-0.05, 0) is 68.8 Å². The van der Waals surface area contributed by atoms with Gasteiger partial charge in [-0.15, -0.1) is 0 Å². The molecule has 1 aliphatic rings. The molecule has 2 atom stereocenters. The van der Waals surface area contributed by atoms with Crippen LogP contribution in [0.15, 0.2) is 60.2 Å². The predicted octanol–water partition coefficient (Wildman–Crippen LogP) is 4.87. The van der Waals surface area contributed by atoms with Gasteiger partial charge in [0.2, 0.25) is 0 Å². The summed E-state index contributed by atoms with van der Waals surface area (Å²) in [6, 6.07) is 17.6. The van der Waals surface area contributed by atoms with Crippen molar-refractivity contribution in [2.24, 2.45) is 5.92 Å². The minimum atomic E-state index is -1.13. The molecule has 3 heteroatoms. The molecule has 0 spiro atoms. The maximum Gasteiger partial charge on any atom is 0.151 e. The van der Waals surface area contributed by atoms with Gasteiger partial charge in [0.05, 0.1) is 0 Å². The van der Waals surface area contributed by atoms with Crippen LogP contribution in [0.2, 0.25) is 5.02 Å². The molecule has 1 saturated carbocycles. The highest BCUT2D eigenvalue weighted by molar-refractivity contribution is 6.30. The van der Waals surface area contributed by atoms with Gasteiger partial charge in [-0.2, -0.15) is 0 Å². The van der Waals surface area contributed by atoms with Crippen molar-refractivity contribution in [3.8, 4) is 11.8 Å². The van der Waals surface area contributed by atoms with Gasteiger partial charge < -0.3 is 10.0 Å². The zero-order valence-electron chi connectivity index (χ0n) is 16.0. The minimum Gasteiger partial charge on any atom is -0.373 e. The van der Waals surface area contributed by atoms with E-state index >= 15 is 0 Å². The van der Waals surface area contributed by atoms with E-state index in [1.807, 2.05) is 68.7 Å². The first kappa shape index (κ1) is 19.7. The van der Waals surface area contributed by atoms with E-state index in [9.17, 15) is 5.11 Å². The van der Waals surface area contributed by atoms with Gasteiger partial charge in [0.25, 0.3) is 0 Å². The summed E-state index contributed by atoms with van der Waals surface area (Å²) in [6.45, 7) is 0.803. The van der Waals surface area contributed by atoms with Gasteiger partial charge in [0, 0.05) is 23.0 Å². The van der Waals surface area contributed by atoms with Crippen molar-refractivity contribution in [3.05, 3.63) is 76.3 Å². The SMILES string of the molecule is CN(C)CC1CCC/C(=C/c2ccc(Cl)cc2)C1(O)C#Cc1ccccc1. The van der Waals surface area contributed by atoms with Crippen LogP contribution in [0.5, 0.6) is 0 Å². The summed E-state index contributed by atoms with van der Waals surface area (Å²) in [6.07, 6.45) is 4.97. The van der Waals surface area contributed by atoms with Crippen LogP contribution in [0, 0.1) is 17.8 Å². The predicted molar refractivity (Wildman–Crippen MR) is 114 cm³/mol. The summed E-state index contributed by atoms with van der Waals surface area (Å²) >= 11 is 6.01. The maximum atomic E-state index is 11.7. The number of halogens is 1. The molecular formula is C24H26ClNO. The van der Waals surface area contributed by atoms with Gasteiger partial charge in [-0.25, -0.2) is 0 Å². The summed E-state index contributed by atoms with van der Waals surface area (Å²) in [5.74, 6) is 6.52. The highest BCUT2D eigenvalue weighted by atomic mass is 35.5. The molecule has 2 aromatic rings. The third-order valence-corrected chi connectivity index (χ3v) is 5.30. The average Bonchev–Trinajstić information content (AvgIpc) is 2.66. The van der Waals surface area contributed by atoms with Crippen LogP contribution in [0.1, 0.15) is 30.4 Å². The van der Waals surface area contributed by atoms with Crippen LogP contribution in [-0.2, 0) is 0 Å². The fraction of sp³-hybridized carbons (Fsp3) is 0.333. The van der Waals surface area contributed by atoms with Crippen molar-refractivity contribution < 1.29 is 5.11 Å². The normalized spacial score (nSPS) is 23.9. The Bertz CT molecular complexity index is 845. The van der Waals surface area contributed by atoms with Crippen LogP contribution >= 0.6 is 11.6 Å². The molecule has 0 heterocycles. The molecule has 2 nitrogen and oxygen atoms in total. The van der Waals surface area contributed by atoms with E-state index in [4.69, 9.17) is 11.6 Å². The Labute approximate surface area is 167 Å². The zero-order valence-corrected chi connectivity index (χ0v) is 16.7. The number of hydrogen-bond acceptors (Lipinski definition) is 2. The van der Waals surface area contributed by atoms with Crippen molar-refractivity contribution in [1.82, 2.24) is 4.90 Å². The third-order valence-electron chi connectivity index (χ3n) is 5.05. The zero-order chi connectivity index (χ0) is 19.3. The highest BCUT2D eigenvalue weighted by Crippen LogP contribution is 2.39. The maximum absolute atomic E-state index is 11.7. The lowest BCUT2D eigenvalue weighted by Crippen LogP contribution is -2.46. The summed E-state index contributed by atoms with van der Waals surface area (Å²) < 4.78 is 0. The molecule has 0 radical (unpaired) electrons. The standard InChI is InChI=1S/C24H26ClNO/c1-26(2)18-22-10-6-9-21(17-20-11-13-23(25)14-12-20)24(22,27)16-15-19-7-4-3-5-8-19/h3-5,7-8,11-14,17,22,27H,6,9-10,18H2,1-2H3/b21-17-. The average molecular weight is 380 g/mol. The first-order valence-electron chi connectivity index (χ1n) is 9.39. The lowest BCUT2D eigenvalue weighted by atomic mass is 9.71. The number of hydrogen-bond donors (Lipinski definition) is 1. The van der Waals surface area contributed by atoms with Crippen LogP contribution < -0.4 is 0 Å². The molecule has 0 bridgehead atoms. The Hall–Kier alpha value is -2.05. The highest BCUT2D eigenvalue weighted by Gasteiger charge is 2.41. The minimum absolute atomic E-state index is 0.0796. The van der Waals surface area contributed by atoms with Crippen molar-refractivity contribution in [2.75, 3.05) is 20.6 Å². The monoisotopic (exact) mass is 379 g/mol. The second kappa shape index (κ2) is 8.76. The van der Waals surface area contributed by atoms with Gasteiger partial charge >= 0.3 is 0 Å². The molecule has 0 aromatic heterocycles. The number of benzene rings is 2.